The Bertz CT molecular complexity index is 96.6. The van der Waals surface area contributed by atoms with Crippen LogP contribution >= 0.6 is 0 Å². The highest BCUT2D eigenvalue weighted by molar-refractivity contribution is 4.22. The molecule has 0 aromatic heterocycles. The van der Waals surface area contributed by atoms with Crippen LogP contribution in [0.15, 0.2) is 0 Å². The van der Waals surface area contributed by atoms with Crippen LogP contribution < -0.4 is 0 Å². The SMILES string of the molecule is O=[N+]([O-])CC[N+](=O)[O-]. The predicted octanol–water partition coefficient (Wildman–Crippen LogP) is -0.460. The van der Waals surface area contributed by atoms with Gasteiger partial charge in [-0.15, -0.1) is 0 Å². The molecule has 0 N–H and O–H groups in total. The van der Waals surface area contributed by atoms with Crippen LogP contribution in [-0.2, 0) is 0 Å². The Balaban J connectivity index is 3.18. The molecule has 6 heteroatoms. The van der Waals surface area contributed by atoms with E-state index in [0.29, 0.717) is 0 Å². The molecule has 0 aliphatic heterocycles. The van der Waals surface area contributed by atoms with Gasteiger partial charge in [-0.05, 0) is 0 Å². The molecule has 0 aliphatic carbocycles. The highest BCUT2D eigenvalue weighted by Crippen LogP contribution is 1.69. The molecule has 0 saturated heterocycles. The molecule has 0 saturated carbocycles. The third kappa shape index (κ3) is 4.80. The van der Waals surface area contributed by atoms with Gasteiger partial charge in [0.15, 0.2) is 0 Å². The van der Waals surface area contributed by atoms with Gasteiger partial charge in [-0.2, -0.15) is 0 Å². The number of hydrogen-bond donors (Lipinski definition) is 0. The molecular weight excluding hydrogens is 116 g/mol. The fourth-order valence-corrected chi connectivity index (χ4v) is 0.163. The summed E-state index contributed by atoms with van der Waals surface area (Å²) in [4.78, 5) is 17.4. The second kappa shape index (κ2) is 2.89. The molecule has 0 aromatic rings. The van der Waals surface area contributed by atoms with Crippen molar-refractivity contribution in [3.05, 3.63) is 20.2 Å². The molecule has 0 unspecified atom stereocenters. The molecular formula is C2H4N2O4. The summed E-state index contributed by atoms with van der Waals surface area (Å²) >= 11 is 0. The number of nitrogens with zero attached hydrogens (tertiary/aromatic N) is 2. The van der Waals surface area contributed by atoms with Gasteiger partial charge in [0.1, 0.15) is 0 Å². The maximum absolute atomic E-state index is 9.40. The highest BCUT2D eigenvalue weighted by atomic mass is 16.6. The van der Waals surface area contributed by atoms with Crippen molar-refractivity contribution in [1.82, 2.24) is 0 Å². The maximum Gasteiger partial charge on any atom is 0.267 e. The minimum Gasteiger partial charge on any atom is -0.264 e. The van der Waals surface area contributed by atoms with Crippen molar-refractivity contribution in [1.29, 1.82) is 0 Å². The molecule has 46 valence electrons. The average molecular weight is 120 g/mol. The van der Waals surface area contributed by atoms with Crippen LogP contribution in [0.3, 0.4) is 0 Å². The quantitative estimate of drug-likeness (QED) is 0.372. The standard InChI is InChI=1S/C2H4N2O4/c5-3(6)1-2-4(7)8/h1-2H2. The van der Waals surface area contributed by atoms with Gasteiger partial charge in [0, 0.05) is 9.85 Å². The van der Waals surface area contributed by atoms with E-state index in [0.717, 1.165) is 0 Å². The van der Waals surface area contributed by atoms with E-state index in [-0.39, 0.29) is 0 Å². The summed E-state index contributed by atoms with van der Waals surface area (Å²) in [6.07, 6.45) is 0. The van der Waals surface area contributed by atoms with E-state index < -0.39 is 22.9 Å². The largest absolute Gasteiger partial charge is 0.267 e. The molecule has 0 bridgehead atoms. The van der Waals surface area contributed by atoms with Crippen molar-refractivity contribution in [2.45, 2.75) is 0 Å². The molecule has 0 radical (unpaired) electrons. The monoisotopic (exact) mass is 120 g/mol. The van der Waals surface area contributed by atoms with Crippen LogP contribution in [0.4, 0.5) is 0 Å². The van der Waals surface area contributed by atoms with Crippen molar-refractivity contribution in [2.24, 2.45) is 0 Å². The minimum absolute atomic E-state index is 0.590. The van der Waals surface area contributed by atoms with Crippen LogP contribution in [0.25, 0.3) is 0 Å². The summed E-state index contributed by atoms with van der Waals surface area (Å²) < 4.78 is 0. The van der Waals surface area contributed by atoms with Crippen LogP contribution in [0.5, 0.6) is 0 Å². The highest BCUT2D eigenvalue weighted by Gasteiger charge is 2.02. The number of nitro groups is 2. The number of rotatable bonds is 3. The summed E-state index contributed by atoms with van der Waals surface area (Å²) in [5.41, 5.74) is 0. The Morgan fingerprint density at radius 1 is 1.00 bits per heavy atom. The molecule has 0 spiro atoms. The third-order valence-electron chi connectivity index (χ3n) is 0.465. The van der Waals surface area contributed by atoms with Gasteiger partial charge < -0.3 is 0 Å². The van der Waals surface area contributed by atoms with Gasteiger partial charge in [0.25, 0.3) is 13.1 Å². The minimum atomic E-state index is -0.719. The Labute approximate surface area is 44.4 Å². The normalized spacial score (nSPS) is 8.50. The van der Waals surface area contributed by atoms with Gasteiger partial charge in [0.05, 0.1) is 0 Å². The summed E-state index contributed by atoms with van der Waals surface area (Å²) in [6.45, 7) is -1.18. The Kier molecular flexibility index (Phi) is 2.46. The van der Waals surface area contributed by atoms with Crippen molar-refractivity contribution >= 4 is 0 Å². The molecule has 8 heavy (non-hydrogen) atoms. The first-order valence-corrected chi connectivity index (χ1v) is 1.86. The summed E-state index contributed by atoms with van der Waals surface area (Å²) in [7, 11) is 0. The Morgan fingerprint density at radius 3 is 1.38 bits per heavy atom. The summed E-state index contributed by atoms with van der Waals surface area (Å²) in [5, 5.41) is 18.8. The van der Waals surface area contributed by atoms with Crippen molar-refractivity contribution in [3.63, 3.8) is 0 Å². The van der Waals surface area contributed by atoms with Crippen LogP contribution in [0.1, 0.15) is 0 Å². The lowest BCUT2D eigenvalue weighted by Crippen LogP contribution is -2.12. The van der Waals surface area contributed by atoms with Crippen LogP contribution in [-0.4, -0.2) is 22.9 Å². The molecule has 0 amide bonds. The first kappa shape index (κ1) is 6.80. The second-order valence-electron chi connectivity index (χ2n) is 1.11. The number of hydrogen-bond acceptors (Lipinski definition) is 4. The molecule has 0 fully saturated rings. The average Bonchev–Trinajstić information content (AvgIpc) is 1.61. The third-order valence-corrected chi connectivity index (χ3v) is 0.465. The van der Waals surface area contributed by atoms with Gasteiger partial charge in [-0.3, -0.25) is 20.2 Å². The smallest absolute Gasteiger partial charge is 0.264 e. The van der Waals surface area contributed by atoms with Crippen molar-refractivity contribution in [3.8, 4) is 0 Å². The molecule has 0 aromatic carbocycles. The lowest BCUT2D eigenvalue weighted by Gasteiger charge is -1.83. The zero-order valence-electron chi connectivity index (χ0n) is 3.94. The van der Waals surface area contributed by atoms with E-state index in [1.54, 1.807) is 0 Å². The van der Waals surface area contributed by atoms with E-state index in [9.17, 15) is 20.2 Å². The van der Waals surface area contributed by atoms with Crippen molar-refractivity contribution in [2.75, 3.05) is 13.1 Å². The zero-order valence-corrected chi connectivity index (χ0v) is 3.94. The van der Waals surface area contributed by atoms with E-state index in [4.69, 9.17) is 0 Å². The first-order valence-electron chi connectivity index (χ1n) is 1.86. The van der Waals surface area contributed by atoms with Gasteiger partial charge >= 0.3 is 0 Å². The molecule has 0 rings (SSSR count). The van der Waals surface area contributed by atoms with E-state index in [1.807, 2.05) is 0 Å². The van der Waals surface area contributed by atoms with E-state index >= 15 is 0 Å². The Hall–Kier alpha value is -1.20. The topological polar surface area (TPSA) is 86.3 Å². The van der Waals surface area contributed by atoms with E-state index in [2.05, 4.69) is 0 Å². The molecule has 0 heterocycles. The zero-order chi connectivity index (χ0) is 6.57. The van der Waals surface area contributed by atoms with Crippen LogP contribution in [0, 0.1) is 20.2 Å². The predicted molar refractivity (Wildman–Crippen MR) is 23.7 cm³/mol. The summed E-state index contributed by atoms with van der Waals surface area (Å²) in [6, 6.07) is 0. The van der Waals surface area contributed by atoms with Crippen molar-refractivity contribution < 1.29 is 9.85 Å². The van der Waals surface area contributed by atoms with Crippen LogP contribution in [0.2, 0.25) is 0 Å². The van der Waals surface area contributed by atoms with Gasteiger partial charge in [-0.1, -0.05) is 0 Å². The second-order valence-corrected chi connectivity index (χ2v) is 1.11. The maximum atomic E-state index is 9.40. The fourth-order valence-electron chi connectivity index (χ4n) is 0.163. The molecule has 0 atom stereocenters. The lowest BCUT2D eigenvalue weighted by molar-refractivity contribution is -0.555. The first-order chi connectivity index (χ1) is 3.63. The van der Waals surface area contributed by atoms with Gasteiger partial charge in [0.2, 0.25) is 0 Å². The van der Waals surface area contributed by atoms with E-state index in [1.165, 1.54) is 0 Å². The lowest BCUT2D eigenvalue weighted by atomic mass is 10.7. The summed E-state index contributed by atoms with van der Waals surface area (Å²) in [5.74, 6) is 0. The molecule has 6 nitrogen and oxygen atoms in total. The van der Waals surface area contributed by atoms with Gasteiger partial charge in [-0.25, -0.2) is 0 Å². The fraction of sp³-hybridized carbons (Fsp3) is 1.00. The Morgan fingerprint density at radius 2 is 1.25 bits per heavy atom. The molecule has 0 aliphatic rings.